The van der Waals surface area contributed by atoms with Crippen molar-refractivity contribution in [2.45, 2.75) is 44.4 Å². The quantitative estimate of drug-likeness (QED) is 0.655. The van der Waals surface area contributed by atoms with Crippen LogP contribution in [0.5, 0.6) is 0 Å². The van der Waals surface area contributed by atoms with Gasteiger partial charge in [0.05, 0.1) is 5.69 Å². The second-order valence-electron chi connectivity index (χ2n) is 7.89. The van der Waals surface area contributed by atoms with E-state index in [4.69, 9.17) is 5.10 Å². The van der Waals surface area contributed by atoms with E-state index in [0.717, 1.165) is 29.8 Å². The summed E-state index contributed by atoms with van der Waals surface area (Å²) in [7, 11) is 0. The third kappa shape index (κ3) is 3.21. The zero-order valence-corrected chi connectivity index (χ0v) is 15.8. The maximum absolute atomic E-state index is 14.9. The molecule has 1 aromatic heterocycles. The van der Waals surface area contributed by atoms with Gasteiger partial charge in [0.15, 0.2) is 5.82 Å². The Labute approximate surface area is 163 Å². The first-order valence-corrected chi connectivity index (χ1v) is 9.87. The summed E-state index contributed by atoms with van der Waals surface area (Å²) in [5.41, 5.74) is 4.55. The Bertz CT molecular complexity index is 1060. The molecular weight excluding hydrogens is 353 g/mol. The van der Waals surface area contributed by atoms with Gasteiger partial charge in [-0.3, -0.25) is 4.79 Å². The molecule has 0 bridgehead atoms. The summed E-state index contributed by atoms with van der Waals surface area (Å²) in [5.74, 6) is 0.406. The van der Waals surface area contributed by atoms with Crippen molar-refractivity contribution in [2.75, 3.05) is 5.32 Å². The van der Waals surface area contributed by atoms with Crippen LogP contribution >= 0.6 is 0 Å². The number of aromatic nitrogens is 2. The average Bonchev–Trinajstić information content (AvgIpc) is 3.61. The number of halogens is 1. The molecule has 2 fully saturated rings. The van der Waals surface area contributed by atoms with E-state index in [2.05, 4.69) is 11.4 Å². The lowest BCUT2D eigenvalue weighted by atomic mass is 10.1. The lowest BCUT2D eigenvalue weighted by Crippen LogP contribution is -2.14. The fourth-order valence-electron chi connectivity index (χ4n) is 3.64. The number of benzene rings is 2. The Kier molecular flexibility index (Phi) is 4.04. The van der Waals surface area contributed by atoms with E-state index in [0.29, 0.717) is 28.8 Å². The van der Waals surface area contributed by atoms with Crippen molar-refractivity contribution in [1.29, 1.82) is 0 Å². The van der Waals surface area contributed by atoms with E-state index in [9.17, 15) is 9.18 Å². The molecule has 2 aliphatic carbocycles. The smallest absolute Gasteiger partial charge is 0.255 e. The molecule has 0 radical (unpaired) electrons. The molecule has 0 atom stereocenters. The Morgan fingerprint density at radius 2 is 1.82 bits per heavy atom. The molecule has 1 heterocycles. The molecule has 3 aromatic rings. The second-order valence-corrected chi connectivity index (χ2v) is 7.89. The molecule has 0 unspecified atom stereocenters. The number of amides is 1. The Morgan fingerprint density at radius 1 is 1.07 bits per heavy atom. The largest absolute Gasteiger partial charge is 0.322 e. The number of rotatable bonds is 5. The number of hydrogen-bond acceptors (Lipinski definition) is 2. The van der Waals surface area contributed by atoms with Gasteiger partial charge in [-0.05, 0) is 68.5 Å². The Hall–Kier alpha value is -2.95. The van der Waals surface area contributed by atoms with Crippen LogP contribution in [0.2, 0.25) is 0 Å². The minimum absolute atomic E-state index is 0.237. The van der Waals surface area contributed by atoms with E-state index in [1.807, 2.05) is 25.1 Å². The molecule has 2 aliphatic rings. The Balaban J connectivity index is 1.43. The molecule has 1 N–H and O–H groups in total. The number of aryl methyl sites for hydroxylation is 1. The molecule has 4 nitrogen and oxygen atoms in total. The summed E-state index contributed by atoms with van der Waals surface area (Å²) in [6.07, 6.45) is 4.63. The zero-order valence-electron chi connectivity index (χ0n) is 15.8. The van der Waals surface area contributed by atoms with Gasteiger partial charge in [0.25, 0.3) is 5.91 Å². The van der Waals surface area contributed by atoms with Crippen molar-refractivity contribution in [3.8, 4) is 5.69 Å². The van der Waals surface area contributed by atoms with Gasteiger partial charge >= 0.3 is 0 Å². The third-order valence-corrected chi connectivity index (χ3v) is 5.57. The van der Waals surface area contributed by atoms with Crippen LogP contribution in [0, 0.1) is 12.7 Å². The van der Waals surface area contributed by atoms with Gasteiger partial charge in [0, 0.05) is 28.8 Å². The van der Waals surface area contributed by atoms with E-state index in [1.54, 1.807) is 22.9 Å². The summed E-state index contributed by atoms with van der Waals surface area (Å²) in [6.45, 7) is 1.88. The van der Waals surface area contributed by atoms with Gasteiger partial charge < -0.3 is 5.32 Å². The first kappa shape index (κ1) is 17.2. The van der Waals surface area contributed by atoms with E-state index < -0.39 is 0 Å². The summed E-state index contributed by atoms with van der Waals surface area (Å²) >= 11 is 0. The minimum Gasteiger partial charge on any atom is -0.322 e. The standard InChI is InChI=1S/C23H22FN3O/c1-14-4-2-3-5-18(14)23(28)25-17-10-11-21(19(24)12-17)27-22(16-8-9-16)13-20(26-27)15-6-7-15/h2-5,10-13,15-16H,6-9H2,1H3,(H,25,28). The van der Waals surface area contributed by atoms with Crippen molar-refractivity contribution in [3.05, 3.63) is 76.9 Å². The van der Waals surface area contributed by atoms with Gasteiger partial charge in [-0.1, -0.05) is 18.2 Å². The number of carbonyl (C=O) groups excluding carboxylic acids is 1. The van der Waals surface area contributed by atoms with E-state index in [1.165, 1.54) is 18.9 Å². The van der Waals surface area contributed by atoms with E-state index in [-0.39, 0.29) is 11.7 Å². The predicted molar refractivity (Wildman–Crippen MR) is 107 cm³/mol. The molecule has 0 spiro atoms. The maximum Gasteiger partial charge on any atom is 0.255 e. The van der Waals surface area contributed by atoms with Crippen LogP contribution in [-0.2, 0) is 0 Å². The highest BCUT2D eigenvalue weighted by Gasteiger charge is 2.33. The van der Waals surface area contributed by atoms with Crippen molar-refractivity contribution < 1.29 is 9.18 Å². The van der Waals surface area contributed by atoms with Gasteiger partial charge in [-0.15, -0.1) is 0 Å². The highest BCUT2D eigenvalue weighted by Crippen LogP contribution is 2.45. The zero-order chi connectivity index (χ0) is 19.3. The maximum atomic E-state index is 14.9. The highest BCUT2D eigenvalue weighted by atomic mass is 19.1. The van der Waals surface area contributed by atoms with Crippen LogP contribution < -0.4 is 5.32 Å². The molecule has 28 heavy (non-hydrogen) atoms. The fourth-order valence-corrected chi connectivity index (χ4v) is 3.64. The predicted octanol–water partition coefficient (Wildman–Crippen LogP) is 5.33. The average molecular weight is 375 g/mol. The van der Waals surface area contributed by atoms with Crippen molar-refractivity contribution >= 4 is 11.6 Å². The lowest BCUT2D eigenvalue weighted by molar-refractivity contribution is 0.102. The molecular formula is C23H22FN3O. The number of anilines is 1. The van der Waals surface area contributed by atoms with Crippen LogP contribution in [0.25, 0.3) is 5.69 Å². The summed E-state index contributed by atoms with van der Waals surface area (Å²) < 4.78 is 16.7. The number of nitrogens with zero attached hydrogens (tertiary/aromatic N) is 2. The van der Waals surface area contributed by atoms with Gasteiger partial charge in [-0.2, -0.15) is 5.10 Å². The highest BCUT2D eigenvalue weighted by molar-refractivity contribution is 6.05. The summed E-state index contributed by atoms with van der Waals surface area (Å²) in [5, 5.41) is 7.50. The van der Waals surface area contributed by atoms with Gasteiger partial charge in [0.2, 0.25) is 0 Å². The molecule has 2 saturated carbocycles. The fraction of sp³-hybridized carbons (Fsp3) is 0.304. The van der Waals surface area contributed by atoms with Gasteiger partial charge in [0.1, 0.15) is 5.69 Å². The van der Waals surface area contributed by atoms with Gasteiger partial charge in [-0.25, -0.2) is 9.07 Å². The molecule has 0 saturated heterocycles. The lowest BCUT2D eigenvalue weighted by Gasteiger charge is -2.11. The van der Waals surface area contributed by atoms with Crippen LogP contribution in [0.3, 0.4) is 0 Å². The number of nitrogens with one attached hydrogen (secondary N) is 1. The van der Waals surface area contributed by atoms with Crippen LogP contribution in [-0.4, -0.2) is 15.7 Å². The van der Waals surface area contributed by atoms with Crippen LogP contribution in [0.15, 0.2) is 48.5 Å². The first-order valence-electron chi connectivity index (χ1n) is 9.87. The monoisotopic (exact) mass is 375 g/mol. The first-order chi connectivity index (χ1) is 13.6. The summed E-state index contributed by atoms with van der Waals surface area (Å²) in [4.78, 5) is 12.5. The molecule has 5 heteroatoms. The number of hydrogen-bond donors (Lipinski definition) is 1. The minimum atomic E-state index is -0.380. The van der Waals surface area contributed by atoms with Crippen LogP contribution in [0.4, 0.5) is 10.1 Å². The van der Waals surface area contributed by atoms with Crippen molar-refractivity contribution in [3.63, 3.8) is 0 Å². The Morgan fingerprint density at radius 3 is 2.50 bits per heavy atom. The second kappa shape index (κ2) is 6.59. The SMILES string of the molecule is Cc1ccccc1C(=O)Nc1ccc(-n2nc(C3CC3)cc2C2CC2)c(F)c1. The normalized spacial score (nSPS) is 16.2. The van der Waals surface area contributed by atoms with Crippen LogP contribution in [0.1, 0.15) is 64.8 Å². The summed E-state index contributed by atoms with van der Waals surface area (Å²) in [6, 6.07) is 14.3. The van der Waals surface area contributed by atoms with E-state index >= 15 is 0 Å². The third-order valence-electron chi connectivity index (χ3n) is 5.57. The number of carbonyl (C=O) groups is 1. The molecule has 0 aliphatic heterocycles. The molecule has 142 valence electrons. The topological polar surface area (TPSA) is 46.9 Å². The van der Waals surface area contributed by atoms with Crippen molar-refractivity contribution in [2.24, 2.45) is 0 Å². The molecule has 1 amide bonds. The molecule has 2 aromatic carbocycles. The molecule has 5 rings (SSSR count). The van der Waals surface area contributed by atoms with Crippen molar-refractivity contribution in [1.82, 2.24) is 9.78 Å².